The number of fused-ring (bicyclic) bond motifs is 1. The molecule has 0 radical (unpaired) electrons. The Labute approximate surface area is 101 Å². The molecular weight excluding hydrogens is 196 g/mol. The Hall–Kier alpha value is -0.0400. The molecule has 2 aliphatic rings. The van der Waals surface area contributed by atoms with Gasteiger partial charge in [0.1, 0.15) is 0 Å². The quantitative estimate of drug-likeness (QED) is 0.550. The first-order valence-corrected chi connectivity index (χ1v) is 7.28. The Morgan fingerprint density at radius 2 is 1.50 bits per heavy atom. The highest BCUT2D eigenvalue weighted by Crippen LogP contribution is 2.44. The largest absolute Gasteiger partial charge is 0.366 e. The fourth-order valence-electron chi connectivity index (χ4n) is 3.22. The molecule has 1 heteroatoms. The van der Waals surface area contributed by atoms with Crippen molar-refractivity contribution in [3.63, 3.8) is 0 Å². The normalized spacial score (nSPS) is 46.3. The lowest BCUT2D eigenvalue weighted by molar-refractivity contribution is 0.283. The van der Waals surface area contributed by atoms with Gasteiger partial charge in [-0.15, -0.1) is 0 Å². The van der Waals surface area contributed by atoms with Crippen molar-refractivity contribution in [3.8, 4) is 0 Å². The van der Waals surface area contributed by atoms with Crippen LogP contribution in [0.2, 0.25) is 0 Å². The zero-order chi connectivity index (χ0) is 11.6. The first-order chi connectivity index (χ1) is 7.60. The third-order valence-corrected chi connectivity index (χ3v) is 4.72. The van der Waals surface area contributed by atoms with Crippen molar-refractivity contribution in [2.24, 2.45) is 11.8 Å². The average Bonchev–Trinajstić information content (AvgIpc) is 2.85. The van der Waals surface area contributed by atoms with Gasteiger partial charge in [0.15, 0.2) is 0 Å². The molecule has 1 heterocycles. The molecule has 1 saturated carbocycles. The number of epoxide rings is 1. The van der Waals surface area contributed by atoms with Gasteiger partial charge in [-0.2, -0.15) is 0 Å². The molecule has 0 bridgehead atoms. The summed E-state index contributed by atoms with van der Waals surface area (Å²) in [5.41, 5.74) is 0.263. The minimum atomic E-state index is 0.263. The molecule has 0 aromatic rings. The van der Waals surface area contributed by atoms with E-state index in [-0.39, 0.29) is 5.60 Å². The van der Waals surface area contributed by atoms with E-state index in [4.69, 9.17) is 4.74 Å². The van der Waals surface area contributed by atoms with E-state index in [1.807, 2.05) is 0 Å². The van der Waals surface area contributed by atoms with Crippen molar-refractivity contribution < 1.29 is 4.74 Å². The lowest BCUT2D eigenvalue weighted by Crippen LogP contribution is -2.12. The summed E-state index contributed by atoms with van der Waals surface area (Å²) in [6.07, 6.45) is 11.6. The van der Waals surface area contributed by atoms with E-state index in [0.29, 0.717) is 6.10 Å². The van der Waals surface area contributed by atoms with E-state index in [1.54, 1.807) is 0 Å². The molecule has 0 aromatic heterocycles. The lowest BCUT2D eigenvalue weighted by atomic mass is 9.88. The summed E-state index contributed by atoms with van der Waals surface area (Å²) < 4.78 is 5.90. The maximum atomic E-state index is 5.90. The van der Waals surface area contributed by atoms with Gasteiger partial charge in [0.2, 0.25) is 0 Å². The molecule has 94 valence electrons. The highest BCUT2D eigenvalue weighted by molar-refractivity contribution is 4.98. The summed E-state index contributed by atoms with van der Waals surface area (Å²) in [6.45, 7) is 7.15. The second kappa shape index (κ2) is 5.08. The zero-order valence-corrected chi connectivity index (χ0v) is 11.3. The van der Waals surface area contributed by atoms with Gasteiger partial charge in [-0.05, 0) is 38.0 Å². The number of hydrogen-bond acceptors (Lipinski definition) is 1. The Morgan fingerprint density at radius 3 is 2.25 bits per heavy atom. The highest BCUT2D eigenvalue weighted by atomic mass is 16.6. The smallest absolute Gasteiger partial charge is 0.0920 e. The Balaban J connectivity index is 1.84. The van der Waals surface area contributed by atoms with Crippen LogP contribution >= 0.6 is 0 Å². The Kier molecular flexibility index (Phi) is 3.94. The minimum Gasteiger partial charge on any atom is -0.366 e. The molecule has 0 spiro atoms. The molecule has 0 N–H and O–H groups in total. The van der Waals surface area contributed by atoms with Crippen LogP contribution in [0.3, 0.4) is 0 Å². The topological polar surface area (TPSA) is 12.5 Å². The van der Waals surface area contributed by atoms with Crippen molar-refractivity contribution in [2.45, 2.75) is 83.8 Å². The molecule has 2 fully saturated rings. The lowest BCUT2D eigenvalue weighted by Gasteiger charge is -2.16. The summed E-state index contributed by atoms with van der Waals surface area (Å²) in [4.78, 5) is 0. The van der Waals surface area contributed by atoms with Gasteiger partial charge in [-0.3, -0.25) is 0 Å². The summed E-state index contributed by atoms with van der Waals surface area (Å²) in [5.74, 6) is 1.83. The fraction of sp³-hybridized carbons (Fsp3) is 1.00. The monoisotopic (exact) mass is 224 g/mol. The first kappa shape index (κ1) is 12.4. The van der Waals surface area contributed by atoms with Crippen molar-refractivity contribution >= 4 is 0 Å². The SMILES string of the molecule is CC1CCCC(C)CCC2OC2(C)CCC1. The van der Waals surface area contributed by atoms with Crippen LogP contribution in [0.25, 0.3) is 0 Å². The van der Waals surface area contributed by atoms with Gasteiger partial charge >= 0.3 is 0 Å². The van der Waals surface area contributed by atoms with Crippen LogP contribution in [0.1, 0.15) is 72.1 Å². The maximum absolute atomic E-state index is 5.90. The predicted molar refractivity (Wildman–Crippen MR) is 68.5 cm³/mol. The number of rotatable bonds is 0. The van der Waals surface area contributed by atoms with Crippen LogP contribution in [0.4, 0.5) is 0 Å². The maximum Gasteiger partial charge on any atom is 0.0920 e. The van der Waals surface area contributed by atoms with Gasteiger partial charge in [-0.25, -0.2) is 0 Å². The second-order valence-corrected chi connectivity index (χ2v) is 6.53. The molecule has 0 amide bonds. The van der Waals surface area contributed by atoms with E-state index in [9.17, 15) is 0 Å². The molecule has 1 saturated heterocycles. The molecule has 16 heavy (non-hydrogen) atoms. The molecule has 1 aliphatic carbocycles. The van der Waals surface area contributed by atoms with Crippen molar-refractivity contribution in [1.82, 2.24) is 0 Å². The molecule has 4 atom stereocenters. The number of ether oxygens (including phenoxy) is 1. The van der Waals surface area contributed by atoms with Gasteiger partial charge in [0.25, 0.3) is 0 Å². The summed E-state index contributed by atoms with van der Waals surface area (Å²) in [5, 5.41) is 0. The van der Waals surface area contributed by atoms with E-state index >= 15 is 0 Å². The predicted octanol–water partition coefficient (Wildman–Crippen LogP) is 4.55. The van der Waals surface area contributed by atoms with Crippen molar-refractivity contribution in [1.29, 1.82) is 0 Å². The van der Waals surface area contributed by atoms with Gasteiger partial charge in [0, 0.05) is 0 Å². The fourth-order valence-corrected chi connectivity index (χ4v) is 3.22. The Bertz CT molecular complexity index is 225. The molecular formula is C15H28O. The number of hydrogen-bond donors (Lipinski definition) is 0. The van der Waals surface area contributed by atoms with E-state index in [2.05, 4.69) is 20.8 Å². The summed E-state index contributed by atoms with van der Waals surface area (Å²) >= 11 is 0. The second-order valence-electron chi connectivity index (χ2n) is 6.53. The summed E-state index contributed by atoms with van der Waals surface area (Å²) in [7, 11) is 0. The third kappa shape index (κ3) is 3.23. The van der Waals surface area contributed by atoms with Crippen LogP contribution in [0, 0.1) is 11.8 Å². The zero-order valence-electron chi connectivity index (χ0n) is 11.3. The highest BCUT2D eigenvalue weighted by Gasteiger charge is 2.50. The van der Waals surface area contributed by atoms with Gasteiger partial charge < -0.3 is 4.74 Å². The molecule has 1 aliphatic heterocycles. The van der Waals surface area contributed by atoms with Crippen LogP contribution in [-0.4, -0.2) is 11.7 Å². The van der Waals surface area contributed by atoms with E-state index in [0.717, 1.165) is 11.8 Å². The molecule has 4 unspecified atom stereocenters. The van der Waals surface area contributed by atoms with E-state index < -0.39 is 0 Å². The van der Waals surface area contributed by atoms with Crippen molar-refractivity contribution in [3.05, 3.63) is 0 Å². The molecule has 1 nitrogen and oxygen atoms in total. The van der Waals surface area contributed by atoms with Crippen LogP contribution < -0.4 is 0 Å². The van der Waals surface area contributed by atoms with Gasteiger partial charge in [0.05, 0.1) is 11.7 Å². The van der Waals surface area contributed by atoms with Crippen LogP contribution in [0.5, 0.6) is 0 Å². The summed E-state index contributed by atoms with van der Waals surface area (Å²) in [6, 6.07) is 0. The van der Waals surface area contributed by atoms with Gasteiger partial charge in [-0.1, -0.05) is 46.0 Å². The van der Waals surface area contributed by atoms with E-state index in [1.165, 1.54) is 51.4 Å². The minimum absolute atomic E-state index is 0.263. The average molecular weight is 224 g/mol. The standard InChI is InChI=1S/C15H28O/c1-12-6-4-7-13(2)9-10-14-15(3,16-14)11-5-8-12/h12-14H,4-11H2,1-3H3. The molecule has 2 rings (SSSR count). The van der Waals surface area contributed by atoms with Crippen molar-refractivity contribution in [2.75, 3.05) is 0 Å². The Morgan fingerprint density at radius 1 is 0.875 bits per heavy atom. The van der Waals surface area contributed by atoms with Crippen LogP contribution in [0.15, 0.2) is 0 Å². The first-order valence-electron chi connectivity index (χ1n) is 7.28. The molecule has 0 aromatic carbocycles. The van der Waals surface area contributed by atoms with Crippen LogP contribution in [-0.2, 0) is 4.74 Å². The third-order valence-electron chi connectivity index (χ3n) is 4.72.